The SMILES string of the molecule is CC(C)N(CCn1ncc2cc(Br)ccc2c1=O)C(C)C. The van der Waals surface area contributed by atoms with Crippen LogP contribution in [0.4, 0.5) is 0 Å². The zero-order chi connectivity index (χ0) is 15.6. The van der Waals surface area contributed by atoms with Gasteiger partial charge in [-0.25, -0.2) is 4.68 Å². The number of fused-ring (bicyclic) bond motifs is 1. The summed E-state index contributed by atoms with van der Waals surface area (Å²) in [6, 6.07) is 6.57. The normalized spacial score (nSPS) is 12.0. The fourth-order valence-electron chi connectivity index (χ4n) is 2.64. The maximum absolute atomic E-state index is 12.5. The summed E-state index contributed by atoms with van der Waals surface area (Å²) < 4.78 is 2.52. The van der Waals surface area contributed by atoms with E-state index in [4.69, 9.17) is 0 Å². The van der Waals surface area contributed by atoms with E-state index in [9.17, 15) is 4.79 Å². The van der Waals surface area contributed by atoms with Crippen LogP contribution in [-0.2, 0) is 6.54 Å². The van der Waals surface area contributed by atoms with E-state index in [1.807, 2.05) is 18.2 Å². The summed E-state index contributed by atoms with van der Waals surface area (Å²) in [7, 11) is 0. The molecular weight excluding hydrogens is 330 g/mol. The molecule has 1 aromatic carbocycles. The molecule has 0 bridgehead atoms. The minimum atomic E-state index is -0.0209. The Morgan fingerprint density at radius 2 is 1.90 bits per heavy atom. The zero-order valence-corrected chi connectivity index (χ0v) is 14.6. The maximum atomic E-state index is 12.5. The number of aromatic nitrogens is 2. The fourth-order valence-corrected chi connectivity index (χ4v) is 3.02. The fraction of sp³-hybridized carbons (Fsp3) is 0.500. The summed E-state index contributed by atoms with van der Waals surface area (Å²) in [5.41, 5.74) is -0.0209. The highest BCUT2D eigenvalue weighted by Gasteiger charge is 2.14. The van der Waals surface area contributed by atoms with Gasteiger partial charge in [0.1, 0.15) is 0 Å². The van der Waals surface area contributed by atoms with E-state index in [1.54, 1.807) is 10.9 Å². The molecule has 0 amide bonds. The Hall–Kier alpha value is -1.20. The van der Waals surface area contributed by atoms with Gasteiger partial charge in [-0.15, -0.1) is 0 Å². The molecule has 0 saturated carbocycles. The molecule has 1 aromatic heterocycles. The third-order valence-electron chi connectivity index (χ3n) is 3.71. The Morgan fingerprint density at radius 3 is 2.52 bits per heavy atom. The molecule has 0 N–H and O–H groups in total. The van der Waals surface area contributed by atoms with Gasteiger partial charge in [0.05, 0.1) is 18.1 Å². The first kappa shape index (κ1) is 16.2. The number of rotatable bonds is 5. The van der Waals surface area contributed by atoms with E-state index in [0.717, 1.165) is 16.4 Å². The van der Waals surface area contributed by atoms with E-state index >= 15 is 0 Å². The molecule has 2 rings (SSSR count). The molecule has 0 spiro atoms. The van der Waals surface area contributed by atoms with Crippen molar-refractivity contribution in [3.8, 4) is 0 Å². The summed E-state index contributed by atoms with van der Waals surface area (Å²) in [6.45, 7) is 10.1. The first-order valence-corrected chi connectivity index (χ1v) is 8.10. The molecule has 0 unspecified atom stereocenters. The second-order valence-corrected chi connectivity index (χ2v) is 6.75. The molecule has 0 aliphatic carbocycles. The lowest BCUT2D eigenvalue weighted by Crippen LogP contribution is -2.40. The van der Waals surface area contributed by atoms with Crippen LogP contribution in [0, 0.1) is 0 Å². The molecule has 21 heavy (non-hydrogen) atoms. The van der Waals surface area contributed by atoms with E-state index in [2.05, 4.69) is 53.6 Å². The summed E-state index contributed by atoms with van der Waals surface area (Å²) in [5.74, 6) is 0. The summed E-state index contributed by atoms with van der Waals surface area (Å²) in [6.07, 6.45) is 1.76. The van der Waals surface area contributed by atoms with Crippen LogP contribution in [0.25, 0.3) is 10.8 Å². The van der Waals surface area contributed by atoms with Gasteiger partial charge >= 0.3 is 0 Å². The van der Waals surface area contributed by atoms with Crippen molar-refractivity contribution < 1.29 is 0 Å². The van der Waals surface area contributed by atoms with Crippen molar-refractivity contribution >= 4 is 26.7 Å². The number of hydrogen-bond acceptors (Lipinski definition) is 3. The average molecular weight is 352 g/mol. The highest BCUT2D eigenvalue weighted by Crippen LogP contribution is 2.16. The zero-order valence-electron chi connectivity index (χ0n) is 13.0. The number of benzene rings is 1. The van der Waals surface area contributed by atoms with Gasteiger partial charge < -0.3 is 0 Å². The first-order chi connectivity index (χ1) is 9.90. The van der Waals surface area contributed by atoms with Crippen molar-refractivity contribution in [1.82, 2.24) is 14.7 Å². The van der Waals surface area contributed by atoms with Crippen LogP contribution in [0.5, 0.6) is 0 Å². The van der Waals surface area contributed by atoms with E-state index in [-0.39, 0.29) is 5.56 Å². The standard InChI is InChI=1S/C16H22BrN3O/c1-11(2)19(12(3)4)7-8-20-16(21)15-6-5-14(17)9-13(15)10-18-20/h5-6,9-12H,7-8H2,1-4H3. The van der Waals surface area contributed by atoms with Crippen LogP contribution in [0.2, 0.25) is 0 Å². The van der Waals surface area contributed by atoms with Crippen molar-refractivity contribution in [2.45, 2.75) is 46.3 Å². The van der Waals surface area contributed by atoms with Crippen molar-refractivity contribution in [2.75, 3.05) is 6.54 Å². The van der Waals surface area contributed by atoms with Crippen molar-refractivity contribution in [3.05, 3.63) is 39.2 Å². The maximum Gasteiger partial charge on any atom is 0.274 e. The van der Waals surface area contributed by atoms with Crippen molar-refractivity contribution in [2.24, 2.45) is 0 Å². The Balaban J connectivity index is 2.25. The molecule has 1 heterocycles. The molecule has 0 atom stereocenters. The van der Waals surface area contributed by atoms with Gasteiger partial charge in [-0.05, 0) is 45.9 Å². The van der Waals surface area contributed by atoms with Gasteiger partial charge in [0.2, 0.25) is 0 Å². The number of hydrogen-bond donors (Lipinski definition) is 0. The van der Waals surface area contributed by atoms with Gasteiger partial charge in [0.15, 0.2) is 0 Å². The van der Waals surface area contributed by atoms with Crippen molar-refractivity contribution in [1.29, 1.82) is 0 Å². The number of halogens is 1. The number of nitrogens with zero attached hydrogens (tertiary/aromatic N) is 3. The minimum absolute atomic E-state index is 0.0209. The second-order valence-electron chi connectivity index (χ2n) is 5.83. The van der Waals surface area contributed by atoms with Gasteiger partial charge in [-0.2, -0.15) is 5.10 Å². The minimum Gasteiger partial charge on any atom is -0.297 e. The van der Waals surface area contributed by atoms with Gasteiger partial charge in [-0.1, -0.05) is 15.9 Å². The summed E-state index contributed by atoms with van der Waals surface area (Å²) >= 11 is 3.41. The highest BCUT2D eigenvalue weighted by molar-refractivity contribution is 9.10. The molecule has 4 nitrogen and oxygen atoms in total. The lowest BCUT2D eigenvalue weighted by Gasteiger charge is -2.30. The third-order valence-corrected chi connectivity index (χ3v) is 4.20. The second kappa shape index (κ2) is 6.71. The lowest BCUT2D eigenvalue weighted by atomic mass is 10.2. The summed E-state index contributed by atoms with van der Waals surface area (Å²) in [5, 5.41) is 5.88. The van der Waals surface area contributed by atoms with Gasteiger partial charge in [-0.3, -0.25) is 9.69 Å². The smallest absolute Gasteiger partial charge is 0.274 e. The molecule has 0 aliphatic rings. The first-order valence-electron chi connectivity index (χ1n) is 7.31. The van der Waals surface area contributed by atoms with Crippen LogP contribution in [0.15, 0.2) is 33.7 Å². The molecule has 0 saturated heterocycles. The largest absolute Gasteiger partial charge is 0.297 e. The Bertz CT molecular complexity index is 671. The van der Waals surface area contributed by atoms with Crippen LogP contribution in [0.1, 0.15) is 27.7 Å². The highest BCUT2D eigenvalue weighted by atomic mass is 79.9. The van der Waals surface area contributed by atoms with Crippen molar-refractivity contribution in [3.63, 3.8) is 0 Å². The third kappa shape index (κ3) is 3.71. The molecule has 114 valence electrons. The quantitative estimate of drug-likeness (QED) is 0.829. The Kier molecular flexibility index (Phi) is 5.17. The molecule has 0 fully saturated rings. The Labute approximate surface area is 133 Å². The van der Waals surface area contributed by atoms with E-state index < -0.39 is 0 Å². The monoisotopic (exact) mass is 351 g/mol. The van der Waals surface area contributed by atoms with Crippen LogP contribution in [0.3, 0.4) is 0 Å². The van der Waals surface area contributed by atoms with E-state index in [1.165, 1.54) is 0 Å². The molecule has 5 heteroatoms. The lowest BCUT2D eigenvalue weighted by molar-refractivity contribution is 0.165. The predicted octanol–water partition coefficient (Wildman–Crippen LogP) is 3.28. The Morgan fingerprint density at radius 1 is 1.24 bits per heavy atom. The average Bonchev–Trinajstić information content (AvgIpc) is 2.40. The molecule has 2 aromatic rings. The van der Waals surface area contributed by atoms with Gasteiger partial charge in [0.25, 0.3) is 5.56 Å². The van der Waals surface area contributed by atoms with E-state index in [0.29, 0.717) is 24.0 Å². The van der Waals surface area contributed by atoms with Crippen LogP contribution < -0.4 is 5.56 Å². The van der Waals surface area contributed by atoms with Gasteiger partial charge in [0, 0.05) is 28.5 Å². The molecule has 0 aliphatic heterocycles. The van der Waals surface area contributed by atoms with Crippen LogP contribution >= 0.6 is 15.9 Å². The summed E-state index contributed by atoms with van der Waals surface area (Å²) in [4.78, 5) is 14.8. The topological polar surface area (TPSA) is 38.1 Å². The molecular formula is C16H22BrN3O. The van der Waals surface area contributed by atoms with Crippen LogP contribution in [-0.4, -0.2) is 33.3 Å². The molecule has 0 radical (unpaired) electrons. The predicted molar refractivity (Wildman–Crippen MR) is 90.7 cm³/mol.